The first-order valence-electron chi connectivity index (χ1n) is 8.82. The zero-order valence-corrected chi connectivity index (χ0v) is 16.4. The Morgan fingerprint density at radius 1 is 0.929 bits per heavy atom. The first kappa shape index (κ1) is 21.0. The average Bonchev–Trinajstić information content (AvgIpc) is 2.69. The highest BCUT2D eigenvalue weighted by atomic mass is 16.5. The van der Waals surface area contributed by atoms with Gasteiger partial charge >= 0.3 is 5.97 Å². The topological polar surface area (TPSA) is 93.7 Å². The summed E-state index contributed by atoms with van der Waals surface area (Å²) in [5.41, 5.74) is -0.353. The van der Waals surface area contributed by atoms with Crippen LogP contribution < -0.4 is 15.4 Å². The van der Waals surface area contributed by atoms with Gasteiger partial charge < -0.3 is 20.1 Å². The normalized spacial score (nSPS) is 10.7. The SMILES string of the molecule is CCOc1ccc(NC(=O)C(C)(C)C(=O)Nc2ccccc2C(=O)OC)cc1. The Kier molecular flexibility index (Phi) is 6.76. The molecule has 0 aliphatic carbocycles. The van der Waals surface area contributed by atoms with Gasteiger partial charge in [0.15, 0.2) is 0 Å². The Morgan fingerprint density at radius 2 is 1.54 bits per heavy atom. The summed E-state index contributed by atoms with van der Waals surface area (Å²) in [5, 5.41) is 5.36. The van der Waals surface area contributed by atoms with Gasteiger partial charge in [-0.1, -0.05) is 12.1 Å². The Morgan fingerprint density at radius 3 is 2.14 bits per heavy atom. The van der Waals surface area contributed by atoms with Gasteiger partial charge in [0.1, 0.15) is 11.2 Å². The molecule has 7 nitrogen and oxygen atoms in total. The number of rotatable bonds is 7. The summed E-state index contributed by atoms with van der Waals surface area (Å²) in [6.45, 7) is 5.45. The highest BCUT2D eigenvalue weighted by Gasteiger charge is 2.36. The maximum absolute atomic E-state index is 12.7. The van der Waals surface area contributed by atoms with Crippen LogP contribution >= 0.6 is 0 Å². The first-order valence-corrected chi connectivity index (χ1v) is 8.82. The molecule has 0 unspecified atom stereocenters. The predicted octanol–water partition coefficient (Wildman–Crippen LogP) is 3.48. The summed E-state index contributed by atoms with van der Waals surface area (Å²) in [5.74, 6) is -0.915. The molecule has 0 aliphatic rings. The molecule has 0 heterocycles. The van der Waals surface area contributed by atoms with Crippen molar-refractivity contribution in [3.8, 4) is 5.75 Å². The van der Waals surface area contributed by atoms with Crippen molar-refractivity contribution in [3.63, 3.8) is 0 Å². The number of esters is 1. The minimum Gasteiger partial charge on any atom is -0.494 e. The summed E-state index contributed by atoms with van der Waals surface area (Å²) in [7, 11) is 1.26. The average molecular weight is 384 g/mol. The highest BCUT2D eigenvalue weighted by Crippen LogP contribution is 2.24. The Labute approximate surface area is 164 Å². The number of ether oxygens (including phenoxy) is 2. The second kappa shape index (κ2) is 9.03. The van der Waals surface area contributed by atoms with Crippen molar-refractivity contribution in [2.24, 2.45) is 5.41 Å². The quantitative estimate of drug-likeness (QED) is 0.563. The number of hydrogen-bond acceptors (Lipinski definition) is 5. The molecule has 0 spiro atoms. The predicted molar refractivity (Wildman–Crippen MR) is 106 cm³/mol. The van der Waals surface area contributed by atoms with E-state index in [1.807, 2.05) is 6.92 Å². The Hall–Kier alpha value is -3.35. The van der Waals surface area contributed by atoms with Crippen LogP contribution in [0.2, 0.25) is 0 Å². The maximum atomic E-state index is 12.7. The number of anilines is 2. The van der Waals surface area contributed by atoms with Gasteiger partial charge in [0.05, 0.1) is 25.0 Å². The molecule has 0 atom stereocenters. The lowest BCUT2D eigenvalue weighted by atomic mass is 9.90. The fourth-order valence-electron chi connectivity index (χ4n) is 2.35. The molecule has 2 amide bonds. The van der Waals surface area contributed by atoms with E-state index < -0.39 is 23.2 Å². The molecule has 2 aromatic carbocycles. The van der Waals surface area contributed by atoms with E-state index in [1.165, 1.54) is 27.0 Å². The summed E-state index contributed by atoms with van der Waals surface area (Å²) >= 11 is 0. The van der Waals surface area contributed by atoms with E-state index in [1.54, 1.807) is 42.5 Å². The summed E-state index contributed by atoms with van der Waals surface area (Å²) in [6.07, 6.45) is 0. The lowest BCUT2D eigenvalue weighted by molar-refractivity contribution is -0.135. The van der Waals surface area contributed by atoms with E-state index >= 15 is 0 Å². The number of carbonyl (C=O) groups excluding carboxylic acids is 3. The van der Waals surface area contributed by atoms with Crippen LogP contribution in [0.1, 0.15) is 31.1 Å². The fraction of sp³-hybridized carbons (Fsp3) is 0.286. The van der Waals surface area contributed by atoms with Crippen LogP contribution in [0.15, 0.2) is 48.5 Å². The minimum absolute atomic E-state index is 0.209. The van der Waals surface area contributed by atoms with Crippen molar-refractivity contribution in [1.82, 2.24) is 0 Å². The van der Waals surface area contributed by atoms with Crippen molar-refractivity contribution in [2.75, 3.05) is 24.4 Å². The van der Waals surface area contributed by atoms with Crippen molar-refractivity contribution in [2.45, 2.75) is 20.8 Å². The summed E-state index contributed by atoms with van der Waals surface area (Å²) in [4.78, 5) is 37.2. The standard InChI is InChI=1S/C21H24N2O5/c1-5-28-15-12-10-14(11-13-15)22-19(25)21(2,3)20(26)23-17-9-7-6-8-16(17)18(24)27-4/h6-13H,5H2,1-4H3,(H,22,25)(H,23,26). The molecule has 0 fully saturated rings. The van der Waals surface area contributed by atoms with Gasteiger partial charge in [-0.05, 0) is 57.2 Å². The summed E-state index contributed by atoms with van der Waals surface area (Å²) < 4.78 is 10.1. The second-order valence-electron chi connectivity index (χ2n) is 6.53. The smallest absolute Gasteiger partial charge is 0.339 e. The minimum atomic E-state index is -1.39. The van der Waals surface area contributed by atoms with Crippen LogP contribution in [-0.2, 0) is 14.3 Å². The van der Waals surface area contributed by atoms with Gasteiger partial charge in [-0.15, -0.1) is 0 Å². The lowest BCUT2D eigenvalue weighted by Gasteiger charge is -2.23. The number of hydrogen-bond donors (Lipinski definition) is 2. The van der Waals surface area contributed by atoms with Gasteiger partial charge in [0, 0.05) is 5.69 Å². The van der Waals surface area contributed by atoms with Crippen LogP contribution in [0.3, 0.4) is 0 Å². The van der Waals surface area contributed by atoms with E-state index in [0.29, 0.717) is 18.0 Å². The van der Waals surface area contributed by atoms with Crippen LogP contribution in [-0.4, -0.2) is 31.5 Å². The highest BCUT2D eigenvalue weighted by molar-refractivity contribution is 6.15. The van der Waals surface area contributed by atoms with Gasteiger partial charge in [-0.2, -0.15) is 0 Å². The molecule has 2 rings (SSSR count). The lowest BCUT2D eigenvalue weighted by Crippen LogP contribution is -2.41. The molecular weight excluding hydrogens is 360 g/mol. The van der Waals surface area contributed by atoms with Gasteiger partial charge in [0.25, 0.3) is 0 Å². The van der Waals surface area contributed by atoms with E-state index in [0.717, 1.165) is 0 Å². The summed E-state index contributed by atoms with van der Waals surface area (Å²) in [6, 6.07) is 13.3. The van der Waals surface area contributed by atoms with Gasteiger partial charge in [-0.3, -0.25) is 9.59 Å². The fourth-order valence-corrected chi connectivity index (χ4v) is 2.35. The number of nitrogens with one attached hydrogen (secondary N) is 2. The first-order chi connectivity index (χ1) is 13.3. The maximum Gasteiger partial charge on any atom is 0.339 e. The van der Waals surface area contributed by atoms with E-state index in [2.05, 4.69) is 10.6 Å². The van der Waals surface area contributed by atoms with Crippen molar-refractivity contribution >= 4 is 29.2 Å². The monoisotopic (exact) mass is 384 g/mol. The second-order valence-corrected chi connectivity index (χ2v) is 6.53. The number of benzene rings is 2. The number of carbonyl (C=O) groups is 3. The zero-order valence-electron chi connectivity index (χ0n) is 16.4. The van der Waals surface area contributed by atoms with Crippen molar-refractivity contribution in [1.29, 1.82) is 0 Å². The van der Waals surface area contributed by atoms with Crippen LogP contribution in [0.4, 0.5) is 11.4 Å². The molecular formula is C21H24N2O5. The van der Waals surface area contributed by atoms with Crippen LogP contribution in [0.5, 0.6) is 5.75 Å². The molecule has 2 N–H and O–H groups in total. The molecule has 2 aromatic rings. The number of methoxy groups -OCH3 is 1. The third-order valence-electron chi connectivity index (χ3n) is 4.14. The van der Waals surface area contributed by atoms with Crippen LogP contribution in [0, 0.1) is 5.41 Å². The Bertz CT molecular complexity index is 859. The van der Waals surface area contributed by atoms with Crippen molar-refractivity contribution < 1.29 is 23.9 Å². The molecule has 0 saturated heterocycles. The van der Waals surface area contributed by atoms with E-state index in [9.17, 15) is 14.4 Å². The van der Waals surface area contributed by atoms with E-state index in [-0.39, 0.29) is 11.3 Å². The molecule has 0 radical (unpaired) electrons. The molecule has 0 saturated carbocycles. The van der Waals surface area contributed by atoms with Gasteiger partial charge in [0.2, 0.25) is 11.8 Å². The third-order valence-corrected chi connectivity index (χ3v) is 4.14. The molecule has 7 heteroatoms. The largest absolute Gasteiger partial charge is 0.494 e. The number of amides is 2. The van der Waals surface area contributed by atoms with E-state index in [4.69, 9.17) is 9.47 Å². The zero-order chi connectivity index (χ0) is 20.7. The van der Waals surface area contributed by atoms with Gasteiger partial charge in [-0.25, -0.2) is 4.79 Å². The Balaban J connectivity index is 2.11. The molecule has 148 valence electrons. The molecule has 0 aliphatic heterocycles. The molecule has 0 aromatic heterocycles. The number of para-hydroxylation sites is 1. The van der Waals surface area contributed by atoms with Crippen LogP contribution in [0.25, 0.3) is 0 Å². The van der Waals surface area contributed by atoms with Crippen molar-refractivity contribution in [3.05, 3.63) is 54.1 Å². The molecule has 28 heavy (non-hydrogen) atoms. The third kappa shape index (κ3) is 4.88. The molecule has 0 bridgehead atoms.